The van der Waals surface area contributed by atoms with Gasteiger partial charge in [0, 0.05) is 35.9 Å². The summed E-state index contributed by atoms with van der Waals surface area (Å²) in [5.74, 6) is -1.13. The molecule has 0 aliphatic rings. The Morgan fingerprint density at radius 2 is 2.04 bits per heavy atom. The molecule has 126 valence electrons. The number of pyridine rings is 1. The third-order valence-corrected chi connectivity index (χ3v) is 3.97. The van der Waals surface area contributed by atoms with Crippen molar-refractivity contribution in [2.24, 2.45) is 0 Å². The number of carbonyl (C=O) groups is 2. The number of amides is 2. The van der Waals surface area contributed by atoms with E-state index >= 15 is 0 Å². The van der Waals surface area contributed by atoms with Gasteiger partial charge < -0.3 is 5.32 Å². The first kappa shape index (κ1) is 16.7. The highest BCUT2D eigenvalue weighted by atomic mass is 32.1. The summed E-state index contributed by atoms with van der Waals surface area (Å²) in [6.45, 7) is 1.35. The molecule has 0 bridgehead atoms. The first-order valence-corrected chi connectivity index (χ1v) is 8.15. The molecular weight excluding hydrogens is 343 g/mol. The highest BCUT2D eigenvalue weighted by Crippen LogP contribution is 2.28. The molecule has 0 fully saturated rings. The van der Waals surface area contributed by atoms with Gasteiger partial charge in [0.15, 0.2) is 5.13 Å². The Bertz CT molecular complexity index is 927. The topological polar surface area (TPSA) is 84.0 Å². The molecule has 0 radical (unpaired) electrons. The number of aromatic nitrogens is 2. The van der Waals surface area contributed by atoms with Crippen LogP contribution in [0.15, 0.2) is 48.1 Å². The van der Waals surface area contributed by atoms with Crippen molar-refractivity contribution in [2.75, 3.05) is 10.6 Å². The molecule has 8 heteroatoms. The number of nitrogens with zero attached hydrogens (tertiary/aromatic N) is 2. The van der Waals surface area contributed by atoms with Crippen LogP contribution in [-0.4, -0.2) is 21.8 Å². The van der Waals surface area contributed by atoms with Gasteiger partial charge in [-0.25, -0.2) is 9.37 Å². The van der Waals surface area contributed by atoms with Gasteiger partial charge in [0.1, 0.15) is 5.82 Å². The lowest BCUT2D eigenvalue weighted by Gasteiger charge is -2.05. The standard InChI is InChI=1S/C17H13FN4O2S/c1-10(23)20-12-4-5-13(14(18)7-12)15-9-25-17(21-15)22-16(24)11-3-2-6-19-8-11/h2-9H,1H3,(H,20,23)(H,21,22,24). The third kappa shape index (κ3) is 4.04. The van der Waals surface area contributed by atoms with E-state index in [4.69, 9.17) is 0 Å². The van der Waals surface area contributed by atoms with E-state index < -0.39 is 5.82 Å². The Morgan fingerprint density at radius 1 is 1.20 bits per heavy atom. The van der Waals surface area contributed by atoms with E-state index in [1.165, 1.54) is 36.6 Å². The maximum atomic E-state index is 14.2. The van der Waals surface area contributed by atoms with Crippen molar-refractivity contribution in [1.82, 2.24) is 9.97 Å². The summed E-state index contributed by atoms with van der Waals surface area (Å²) in [4.78, 5) is 31.2. The van der Waals surface area contributed by atoms with Crippen molar-refractivity contribution in [3.63, 3.8) is 0 Å². The fourth-order valence-corrected chi connectivity index (χ4v) is 2.83. The van der Waals surface area contributed by atoms with E-state index in [1.54, 1.807) is 29.8 Å². The van der Waals surface area contributed by atoms with E-state index in [-0.39, 0.29) is 17.4 Å². The second-order valence-corrected chi connectivity index (χ2v) is 5.97. The molecule has 6 nitrogen and oxygen atoms in total. The lowest BCUT2D eigenvalue weighted by atomic mass is 10.1. The number of hydrogen-bond acceptors (Lipinski definition) is 5. The van der Waals surface area contributed by atoms with Crippen molar-refractivity contribution in [3.05, 3.63) is 59.5 Å². The smallest absolute Gasteiger partial charge is 0.259 e. The minimum atomic E-state index is -0.512. The van der Waals surface area contributed by atoms with Crippen LogP contribution in [0.5, 0.6) is 0 Å². The van der Waals surface area contributed by atoms with Gasteiger partial charge in [0.2, 0.25) is 5.91 Å². The fourth-order valence-electron chi connectivity index (χ4n) is 2.13. The molecule has 2 heterocycles. The summed E-state index contributed by atoms with van der Waals surface area (Å²) in [5.41, 5.74) is 1.46. The highest BCUT2D eigenvalue weighted by molar-refractivity contribution is 7.14. The summed E-state index contributed by atoms with van der Waals surface area (Å²) in [7, 11) is 0. The molecule has 3 rings (SSSR count). The predicted octanol–water partition coefficient (Wildman–Crippen LogP) is 3.55. The molecule has 0 aliphatic heterocycles. The van der Waals surface area contributed by atoms with E-state index in [2.05, 4.69) is 20.6 Å². The summed E-state index contributed by atoms with van der Waals surface area (Å²) < 4.78 is 14.2. The van der Waals surface area contributed by atoms with Crippen LogP contribution in [0.3, 0.4) is 0 Å². The summed E-state index contributed by atoms with van der Waals surface area (Å²) in [6, 6.07) is 7.64. The van der Waals surface area contributed by atoms with Crippen LogP contribution in [0, 0.1) is 5.82 Å². The second-order valence-electron chi connectivity index (χ2n) is 5.11. The van der Waals surface area contributed by atoms with E-state index in [0.717, 1.165) is 0 Å². The van der Waals surface area contributed by atoms with Gasteiger partial charge in [0.05, 0.1) is 11.3 Å². The first-order valence-electron chi connectivity index (χ1n) is 7.27. The Kier molecular flexibility index (Phi) is 4.80. The van der Waals surface area contributed by atoms with Gasteiger partial charge in [-0.2, -0.15) is 0 Å². The fraction of sp³-hybridized carbons (Fsp3) is 0.0588. The molecule has 25 heavy (non-hydrogen) atoms. The highest BCUT2D eigenvalue weighted by Gasteiger charge is 2.13. The molecule has 2 amide bonds. The van der Waals surface area contributed by atoms with Crippen molar-refractivity contribution in [1.29, 1.82) is 0 Å². The summed E-state index contributed by atoms with van der Waals surface area (Å²) in [5, 5.41) is 7.17. The van der Waals surface area contributed by atoms with Crippen molar-refractivity contribution in [3.8, 4) is 11.3 Å². The van der Waals surface area contributed by atoms with Crippen LogP contribution in [0.25, 0.3) is 11.3 Å². The molecule has 3 aromatic rings. The van der Waals surface area contributed by atoms with Crippen LogP contribution in [0.4, 0.5) is 15.2 Å². The predicted molar refractivity (Wildman–Crippen MR) is 94.0 cm³/mol. The number of thiazole rings is 1. The number of halogens is 1. The molecule has 0 spiro atoms. The summed E-state index contributed by atoms with van der Waals surface area (Å²) in [6.07, 6.45) is 3.02. The van der Waals surface area contributed by atoms with Crippen LogP contribution in [0.1, 0.15) is 17.3 Å². The summed E-state index contributed by atoms with van der Waals surface area (Å²) >= 11 is 1.19. The Labute approximate surface area is 146 Å². The molecule has 0 atom stereocenters. The Hall–Kier alpha value is -3.13. The maximum Gasteiger partial charge on any atom is 0.259 e. The average molecular weight is 356 g/mol. The van der Waals surface area contributed by atoms with E-state index in [0.29, 0.717) is 22.1 Å². The van der Waals surface area contributed by atoms with Crippen LogP contribution < -0.4 is 10.6 Å². The quantitative estimate of drug-likeness (QED) is 0.749. The molecule has 2 N–H and O–H groups in total. The van der Waals surface area contributed by atoms with Gasteiger partial charge in [-0.3, -0.25) is 19.9 Å². The number of rotatable bonds is 4. The van der Waals surface area contributed by atoms with Crippen LogP contribution in [-0.2, 0) is 4.79 Å². The van der Waals surface area contributed by atoms with E-state index in [9.17, 15) is 14.0 Å². The van der Waals surface area contributed by atoms with E-state index in [1.807, 2.05) is 0 Å². The van der Waals surface area contributed by atoms with Gasteiger partial charge >= 0.3 is 0 Å². The zero-order chi connectivity index (χ0) is 17.8. The second kappa shape index (κ2) is 7.18. The van der Waals surface area contributed by atoms with Crippen LogP contribution in [0.2, 0.25) is 0 Å². The normalized spacial score (nSPS) is 10.3. The largest absolute Gasteiger partial charge is 0.326 e. The lowest BCUT2D eigenvalue weighted by molar-refractivity contribution is -0.114. The van der Waals surface area contributed by atoms with Gasteiger partial charge in [0.25, 0.3) is 5.91 Å². The zero-order valence-electron chi connectivity index (χ0n) is 13.1. The Morgan fingerprint density at radius 3 is 2.72 bits per heavy atom. The SMILES string of the molecule is CC(=O)Nc1ccc(-c2csc(NC(=O)c3cccnc3)n2)c(F)c1. The number of benzene rings is 1. The van der Waals surface area contributed by atoms with Crippen LogP contribution >= 0.6 is 11.3 Å². The molecule has 1 aromatic carbocycles. The number of hydrogen-bond donors (Lipinski definition) is 2. The zero-order valence-corrected chi connectivity index (χ0v) is 13.9. The molecule has 0 aliphatic carbocycles. The molecule has 0 saturated heterocycles. The molecule has 0 saturated carbocycles. The van der Waals surface area contributed by atoms with Crippen molar-refractivity contribution in [2.45, 2.75) is 6.92 Å². The molecule has 0 unspecified atom stereocenters. The average Bonchev–Trinajstić information content (AvgIpc) is 3.03. The lowest BCUT2D eigenvalue weighted by Crippen LogP contribution is -2.11. The number of carbonyl (C=O) groups excluding carboxylic acids is 2. The number of anilines is 2. The molecular formula is C17H13FN4O2S. The van der Waals surface area contributed by atoms with Gasteiger partial charge in [-0.1, -0.05) is 0 Å². The van der Waals surface area contributed by atoms with Gasteiger partial charge in [-0.05, 0) is 30.3 Å². The number of nitrogens with one attached hydrogen (secondary N) is 2. The third-order valence-electron chi connectivity index (χ3n) is 3.21. The van der Waals surface area contributed by atoms with Crippen molar-refractivity contribution < 1.29 is 14.0 Å². The van der Waals surface area contributed by atoms with Crippen molar-refractivity contribution >= 4 is 34.0 Å². The monoisotopic (exact) mass is 356 g/mol. The van der Waals surface area contributed by atoms with Gasteiger partial charge in [-0.15, -0.1) is 11.3 Å². The molecule has 2 aromatic heterocycles. The first-order chi connectivity index (χ1) is 12.0. The minimum Gasteiger partial charge on any atom is -0.326 e. The Balaban J connectivity index is 1.77. The maximum absolute atomic E-state index is 14.2. The minimum absolute atomic E-state index is 0.277.